The summed E-state index contributed by atoms with van der Waals surface area (Å²) in [6.07, 6.45) is -0.214. The number of rotatable bonds is 3. The molecule has 0 bridgehead atoms. The van der Waals surface area contributed by atoms with Crippen LogP contribution in [0.25, 0.3) is 5.76 Å². The lowest BCUT2D eigenvalue weighted by Crippen LogP contribution is -2.58. The number of carbonyl (C=O) groups excluding carboxylic acids is 3. The summed E-state index contributed by atoms with van der Waals surface area (Å²) in [4.78, 5) is 50.2. The molecule has 0 saturated heterocycles. The van der Waals surface area contributed by atoms with Crippen LogP contribution in [0.3, 0.4) is 0 Å². The molecule has 0 aliphatic heterocycles. The van der Waals surface area contributed by atoms with E-state index in [0.717, 1.165) is 0 Å². The van der Waals surface area contributed by atoms with Crippen LogP contribution in [-0.2, 0) is 20.8 Å². The third kappa shape index (κ3) is 4.09. The Morgan fingerprint density at radius 3 is 2.37 bits per heavy atom. The summed E-state index contributed by atoms with van der Waals surface area (Å²) in [5.41, 5.74) is 2.91. The Morgan fingerprint density at radius 1 is 1.12 bits per heavy atom. The summed E-state index contributed by atoms with van der Waals surface area (Å²) in [6.45, 7) is 0. The standard InChI is InChI=1S/C29H25N3O9/c1-31(2)19-11-14(6-3-13-4-7-17(8-5-13)32(40)41)24(34)22-18(19)10-15-9-16-12-20(33)23(28(30)38)27(37)29(16,39)26(36)21(15)25(22)35/h4-5,7-8,11,15-16,34-35,37,39H,9-10,12H2,1-2H3,(H2,30,38). The van der Waals surface area contributed by atoms with Crippen LogP contribution >= 0.6 is 0 Å². The predicted molar refractivity (Wildman–Crippen MR) is 145 cm³/mol. The lowest BCUT2D eigenvalue weighted by Gasteiger charge is -2.46. The molecule has 1 amide bonds. The van der Waals surface area contributed by atoms with E-state index in [9.17, 15) is 44.9 Å². The molecule has 0 spiro atoms. The molecule has 0 heterocycles. The largest absolute Gasteiger partial charge is 0.508 e. The van der Waals surface area contributed by atoms with Crippen molar-refractivity contribution >= 4 is 34.6 Å². The number of amides is 1. The van der Waals surface area contributed by atoms with E-state index in [1.165, 1.54) is 24.3 Å². The molecule has 0 radical (unpaired) electrons. The van der Waals surface area contributed by atoms with Crippen molar-refractivity contribution < 1.29 is 39.7 Å². The van der Waals surface area contributed by atoms with E-state index in [2.05, 4.69) is 11.8 Å². The Kier molecular flexibility index (Phi) is 6.35. The lowest BCUT2D eigenvalue weighted by atomic mass is 9.59. The molecular formula is C29H25N3O9. The van der Waals surface area contributed by atoms with Crippen molar-refractivity contribution in [3.05, 3.63) is 79.6 Å². The van der Waals surface area contributed by atoms with Crippen molar-refractivity contribution in [3.8, 4) is 17.6 Å². The Morgan fingerprint density at radius 2 is 1.78 bits per heavy atom. The zero-order chi connectivity index (χ0) is 30.0. The monoisotopic (exact) mass is 559 g/mol. The average Bonchev–Trinajstić information content (AvgIpc) is 2.90. The van der Waals surface area contributed by atoms with Gasteiger partial charge in [0.2, 0.25) is 5.78 Å². The minimum Gasteiger partial charge on any atom is -0.508 e. The number of phenols is 1. The molecule has 12 heteroatoms. The zero-order valence-electron chi connectivity index (χ0n) is 22.0. The zero-order valence-corrected chi connectivity index (χ0v) is 22.0. The number of Topliss-reactive ketones (excluding diaryl/α,β-unsaturated/α-hetero) is 2. The van der Waals surface area contributed by atoms with Gasteiger partial charge in [-0.2, -0.15) is 0 Å². The van der Waals surface area contributed by atoms with Gasteiger partial charge in [0, 0.05) is 55.4 Å². The fraction of sp³-hybridized carbons (Fsp3) is 0.276. The van der Waals surface area contributed by atoms with E-state index in [4.69, 9.17) is 5.73 Å². The Hall–Kier alpha value is -5.15. The molecule has 3 unspecified atom stereocenters. The number of aliphatic hydroxyl groups is 3. The fourth-order valence-electron chi connectivity index (χ4n) is 5.97. The highest BCUT2D eigenvalue weighted by molar-refractivity contribution is 6.22. The summed E-state index contributed by atoms with van der Waals surface area (Å²) in [7, 11) is 3.49. The third-order valence-electron chi connectivity index (χ3n) is 7.94. The van der Waals surface area contributed by atoms with Gasteiger partial charge >= 0.3 is 0 Å². The number of nitro benzene ring substituents is 1. The van der Waals surface area contributed by atoms with Gasteiger partial charge in [0.05, 0.1) is 16.1 Å². The van der Waals surface area contributed by atoms with Crippen LogP contribution in [0, 0.1) is 33.8 Å². The minimum absolute atomic E-state index is 0.0260. The molecule has 2 aromatic rings. The number of aliphatic hydroxyl groups excluding tert-OH is 2. The highest BCUT2D eigenvalue weighted by Gasteiger charge is 2.60. The maximum atomic E-state index is 13.7. The van der Waals surface area contributed by atoms with Gasteiger partial charge < -0.3 is 31.1 Å². The topological polar surface area (TPSA) is 205 Å². The van der Waals surface area contributed by atoms with E-state index in [1.54, 1.807) is 25.1 Å². The number of hydrogen-bond acceptors (Lipinski definition) is 10. The maximum absolute atomic E-state index is 13.7. The first-order chi connectivity index (χ1) is 19.3. The summed E-state index contributed by atoms with van der Waals surface area (Å²) >= 11 is 0. The van der Waals surface area contributed by atoms with Crippen molar-refractivity contribution in [3.63, 3.8) is 0 Å². The Balaban J connectivity index is 1.66. The number of anilines is 1. The first kappa shape index (κ1) is 27.4. The van der Waals surface area contributed by atoms with Gasteiger partial charge in [-0.15, -0.1) is 0 Å². The lowest BCUT2D eigenvalue weighted by molar-refractivity contribution is -0.384. The van der Waals surface area contributed by atoms with E-state index in [-0.39, 0.29) is 35.2 Å². The molecule has 3 atom stereocenters. The molecule has 1 saturated carbocycles. The summed E-state index contributed by atoms with van der Waals surface area (Å²) in [6, 6.07) is 7.09. The van der Waals surface area contributed by atoms with Gasteiger partial charge in [-0.05, 0) is 42.5 Å². The molecule has 1 fully saturated rings. The molecule has 0 aromatic heterocycles. The van der Waals surface area contributed by atoms with Crippen molar-refractivity contribution in [2.45, 2.75) is 24.9 Å². The number of aromatic hydroxyl groups is 1. The molecule has 6 N–H and O–H groups in total. The summed E-state index contributed by atoms with van der Waals surface area (Å²) < 4.78 is 0. The second kappa shape index (κ2) is 9.50. The highest BCUT2D eigenvalue weighted by Crippen LogP contribution is 2.53. The number of nitro groups is 1. The first-order valence-corrected chi connectivity index (χ1v) is 12.6. The van der Waals surface area contributed by atoms with E-state index >= 15 is 0 Å². The van der Waals surface area contributed by atoms with Crippen molar-refractivity contribution in [1.82, 2.24) is 0 Å². The van der Waals surface area contributed by atoms with Crippen molar-refractivity contribution in [2.75, 3.05) is 19.0 Å². The normalized spacial score (nSPS) is 23.2. The minimum atomic E-state index is -2.65. The van der Waals surface area contributed by atoms with E-state index < -0.39 is 69.1 Å². The van der Waals surface area contributed by atoms with Gasteiger partial charge in [-0.25, -0.2) is 0 Å². The third-order valence-corrected chi connectivity index (χ3v) is 7.94. The number of phenolic OH excluding ortho intramolecular Hbond substituents is 1. The summed E-state index contributed by atoms with van der Waals surface area (Å²) in [5.74, 6) is -1.43. The van der Waals surface area contributed by atoms with Crippen LogP contribution in [0.4, 0.5) is 11.4 Å². The van der Waals surface area contributed by atoms with Gasteiger partial charge in [-0.3, -0.25) is 24.5 Å². The van der Waals surface area contributed by atoms with Crippen LogP contribution in [0.5, 0.6) is 5.75 Å². The number of primary amides is 1. The second-order valence-electron chi connectivity index (χ2n) is 10.5. The van der Waals surface area contributed by atoms with Gasteiger partial charge in [-0.1, -0.05) is 11.8 Å². The van der Waals surface area contributed by atoms with Crippen LogP contribution in [0.1, 0.15) is 35.1 Å². The highest BCUT2D eigenvalue weighted by atomic mass is 16.6. The molecule has 5 rings (SSSR count). The molecule has 3 aliphatic carbocycles. The van der Waals surface area contributed by atoms with Gasteiger partial charge in [0.1, 0.15) is 22.8 Å². The van der Waals surface area contributed by atoms with E-state index in [0.29, 0.717) is 16.8 Å². The molecular weight excluding hydrogens is 534 g/mol. The number of nitrogens with two attached hydrogens (primary N) is 1. The van der Waals surface area contributed by atoms with Crippen LogP contribution < -0.4 is 10.6 Å². The Labute approximate surface area is 233 Å². The molecule has 41 heavy (non-hydrogen) atoms. The van der Waals surface area contributed by atoms with Crippen molar-refractivity contribution in [2.24, 2.45) is 17.6 Å². The average molecular weight is 560 g/mol. The predicted octanol–water partition coefficient (Wildman–Crippen LogP) is 1.80. The maximum Gasteiger partial charge on any atom is 0.269 e. The number of nitrogens with zero attached hydrogens (tertiary/aromatic N) is 2. The molecule has 210 valence electrons. The molecule has 12 nitrogen and oxygen atoms in total. The number of fused-ring (bicyclic) bond motifs is 3. The van der Waals surface area contributed by atoms with Crippen LogP contribution in [0.2, 0.25) is 0 Å². The van der Waals surface area contributed by atoms with Crippen LogP contribution in [0.15, 0.2) is 47.2 Å². The molecule has 3 aliphatic rings. The second-order valence-corrected chi connectivity index (χ2v) is 10.5. The number of non-ortho nitro benzene ring substituents is 1. The Bertz CT molecular complexity index is 1690. The van der Waals surface area contributed by atoms with Crippen LogP contribution in [-0.4, -0.2) is 62.5 Å². The number of carbonyl (C=O) groups is 3. The van der Waals surface area contributed by atoms with E-state index in [1.807, 2.05) is 0 Å². The number of ketones is 2. The summed E-state index contributed by atoms with van der Waals surface area (Å²) in [5, 5.41) is 55.7. The SMILES string of the molecule is CN(C)c1cc(C#Cc2ccc([N+](=O)[O-])cc2)c(O)c2c1CC1CC3CC(=O)C(C(N)=O)=C(O)C3(O)C(=O)C1=C2O. The number of hydrogen-bond donors (Lipinski definition) is 5. The molecule has 2 aromatic carbocycles. The first-order valence-electron chi connectivity index (χ1n) is 12.6. The quantitative estimate of drug-likeness (QED) is 0.160. The van der Waals surface area contributed by atoms with Gasteiger partial charge in [0.15, 0.2) is 11.4 Å². The smallest absolute Gasteiger partial charge is 0.269 e. The fourth-order valence-corrected chi connectivity index (χ4v) is 5.97. The number of benzene rings is 2. The van der Waals surface area contributed by atoms with Crippen molar-refractivity contribution in [1.29, 1.82) is 0 Å². The van der Waals surface area contributed by atoms with Gasteiger partial charge in [0.25, 0.3) is 11.6 Å².